The number of nitrogens with two attached hydrogens (primary N) is 1. The van der Waals surface area contributed by atoms with Crippen molar-refractivity contribution in [1.82, 2.24) is 0 Å². The molecule has 0 aliphatic carbocycles. The number of amides is 1. The van der Waals surface area contributed by atoms with Gasteiger partial charge in [0.1, 0.15) is 5.75 Å². The summed E-state index contributed by atoms with van der Waals surface area (Å²) in [5, 5.41) is 9.83. The largest absolute Gasteiger partial charge is 0.508 e. The van der Waals surface area contributed by atoms with Gasteiger partial charge in [-0.1, -0.05) is 18.2 Å². The van der Waals surface area contributed by atoms with Crippen molar-refractivity contribution in [3.63, 3.8) is 0 Å². The van der Waals surface area contributed by atoms with Crippen LogP contribution in [0.4, 0.5) is 4.79 Å². The zero-order valence-corrected chi connectivity index (χ0v) is 12.2. The van der Waals surface area contributed by atoms with Crippen molar-refractivity contribution in [3.05, 3.63) is 29.8 Å². The summed E-state index contributed by atoms with van der Waals surface area (Å²) >= 11 is 0. The Kier molecular flexibility index (Phi) is 6.01. The molecule has 7 nitrogen and oxygen atoms in total. The molecule has 0 heterocycles. The normalized spacial score (nSPS) is 12.9. The molecule has 1 rings (SSSR count). The van der Waals surface area contributed by atoms with Crippen molar-refractivity contribution >= 4 is 13.7 Å². The lowest BCUT2D eigenvalue weighted by Gasteiger charge is -2.26. The molecule has 0 aliphatic heterocycles. The van der Waals surface area contributed by atoms with Gasteiger partial charge in [0, 0.05) is 5.56 Å². The van der Waals surface area contributed by atoms with Crippen LogP contribution in [-0.4, -0.2) is 24.4 Å². The molecule has 1 amide bonds. The topological polar surface area (TPSA) is 108 Å². The molecule has 112 valence electrons. The average molecular weight is 303 g/mol. The SMILES string of the molecule is CCOP(=O)(OCC)C(OC(N)=O)c1ccccc1O. The minimum atomic E-state index is -3.82. The molecule has 0 saturated heterocycles. The van der Waals surface area contributed by atoms with E-state index >= 15 is 0 Å². The van der Waals surface area contributed by atoms with Crippen molar-refractivity contribution in [3.8, 4) is 5.75 Å². The number of hydrogen-bond donors (Lipinski definition) is 2. The number of carbonyl (C=O) groups excluding carboxylic acids is 1. The number of para-hydroxylation sites is 1. The first-order chi connectivity index (χ1) is 9.44. The molecule has 0 bridgehead atoms. The number of carbonyl (C=O) groups is 1. The molecule has 1 aromatic rings. The molecule has 20 heavy (non-hydrogen) atoms. The van der Waals surface area contributed by atoms with Crippen LogP contribution in [0.3, 0.4) is 0 Å². The first kappa shape index (κ1) is 16.5. The van der Waals surface area contributed by atoms with Crippen molar-refractivity contribution in [2.75, 3.05) is 13.2 Å². The number of phenolic OH excluding ortho intramolecular Hbond substituents is 1. The predicted octanol–water partition coefficient (Wildman–Crippen LogP) is 2.75. The Hall–Kier alpha value is -1.56. The van der Waals surface area contributed by atoms with Crippen molar-refractivity contribution in [1.29, 1.82) is 0 Å². The second-order valence-corrected chi connectivity index (χ2v) is 5.79. The molecule has 1 atom stereocenters. The fourth-order valence-electron chi connectivity index (χ4n) is 1.64. The van der Waals surface area contributed by atoms with Gasteiger partial charge in [-0.3, -0.25) is 4.57 Å². The van der Waals surface area contributed by atoms with E-state index < -0.39 is 19.5 Å². The number of ether oxygens (including phenoxy) is 1. The summed E-state index contributed by atoms with van der Waals surface area (Å²) in [6.07, 6.45) is -1.14. The van der Waals surface area contributed by atoms with Crippen molar-refractivity contribution in [2.24, 2.45) is 5.73 Å². The Balaban J connectivity index is 3.26. The minimum absolute atomic E-state index is 0.0868. The summed E-state index contributed by atoms with van der Waals surface area (Å²) in [5.74, 6) is -1.61. The van der Waals surface area contributed by atoms with Crippen LogP contribution in [0, 0.1) is 0 Å². The monoisotopic (exact) mass is 303 g/mol. The zero-order chi connectivity index (χ0) is 15.2. The van der Waals surface area contributed by atoms with Crippen LogP contribution in [0.15, 0.2) is 24.3 Å². The lowest BCUT2D eigenvalue weighted by atomic mass is 10.2. The summed E-state index contributed by atoms with van der Waals surface area (Å²) in [5.41, 5.74) is 5.10. The van der Waals surface area contributed by atoms with Crippen LogP contribution >= 0.6 is 7.60 Å². The fourth-order valence-corrected chi connectivity index (χ4v) is 3.49. The van der Waals surface area contributed by atoms with Crippen molar-refractivity contribution in [2.45, 2.75) is 19.7 Å². The fraction of sp³-hybridized carbons (Fsp3) is 0.417. The standard InChI is InChI=1S/C12H18NO6P/c1-3-17-20(16,18-4-2)11(19-12(13)15)9-7-5-6-8-10(9)14/h5-8,11,14H,3-4H2,1-2H3,(H2,13,15). The maximum absolute atomic E-state index is 12.7. The van der Waals surface area contributed by atoms with Gasteiger partial charge in [0.2, 0.25) is 5.85 Å². The Morgan fingerprint density at radius 1 is 1.30 bits per heavy atom. The molecule has 1 aromatic carbocycles. The summed E-state index contributed by atoms with van der Waals surface area (Å²) in [4.78, 5) is 11.0. The minimum Gasteiger partial charge on any atom is -0.508 e. The number of rotatable bonds is 7. The van der Waals surface area contributed by atoms with Crippen molar-refractivity contribution < 1.29 is 28.3 Å². The highest BCUT2D eigenvalue weighted by Gasteiger charge is 2.41. The molecule has 0 aliphatic rings. The number of aromatic hydroxyl groups is 1. The Morgan fingerprint density at radius 2 is 1.85 bits per heavy atom. The lowest BCUT2D eigenvalue weighted by molar-refractivity contribution is 0.108. The van der Waals surface area contributed by atoms with Crippen LogP contribution < -0.4 is 5.73 Å². The van der Waals surface area contributed by atoms with E-state index in [2.05, 4.69) is 0 Å². The number of primary amides is 1. The molecule has 0 spiro atoms. The van der Waals surface area contributed by atoms with E-state index in [0.29, 0.717) is 0 Å². The maximum Gasteiger partial charge on any atom is 0.405 e. The van der Waals surface area contributed by atoms with Gasteiger partial charge in [0.05, 0.1) is 13.2 Å². The van der Waals surface area contributed by atoms with E-state index in [1.54, 1.807) is 26.0 Å². The van der Waals surface area contributed by atoms with Crippen LogP contribution in [0.2, 0.25) is 0 Å². The molecule has 0 radical (unpaired) electrons. The third-order valence-corrected chi connectivity index (χ3v) is 4.53. The van der Waals surface area contributed by atoms with E-state index in [4.69, 9.17) is 19.5 Å². The first-order valence-corrected chi connectivity index (χ1v) is 7.68. The van der Waals surface area contributed by atoms with Crippen LogP contribution in [0.5, 0.6) is 5.75 Å². The number of phenols is 1. The quantitative estimate of drug-likeness (QED) is 0.750. The summed E-state index contributed by atoms with van der Waals surface area (Å²) in [6.45, 7) is 3.42. The molecule has 0 aromatic heterocycles. The predicted molar refractivity (Wildman–Crippen MR) is 72.4 cm³/mol. The van der Waals surface area contributed by atoms with Gasteiger partial charge >= 0.3 is 13.7 Å². The van der Waals surface area contributed by atoms with Gasteiger partial charge in [-0.2, -0.15) is 0 Å². The first-order valence-electron chi connectivity index (χ1n) is 6.07. The second-order valence-electron chi connectivity index (χ2n) is 3.72. The van der Waals surface area contributed by atoms with Crippen LogP contribution in [-0.2, 0) is 18.3 Å². The van der Waals surface area contributed by atoms with Gasteiger partial charge in [-0.25, -0.2) is 4.79 Å². The Labute approximate surface area is 117 Å². The summed E-state index contributed by atoms with van der Waals surface area (Å²) in [7, 11) is -3.82. The molecule has 8 heteroatoms. The lowest BCUT2D eigenvalue weighted by Crippen LogP contribution is -2.19. The van der Waals surface area contributed by atoms with Gasteiger partial charge in [-0.05, 0) is 19.9 Å². The smallest absolute Gasteiger partial charge is 0.405 e. The summed E-state index contributed by atoms with van der Waals surface area (Å²) < 4.78 is 27.8. The number of benzene rings is 1. The Bertz CT molecular complexity index is 496. The average Bonchev–Trinajstić information content (AvgIpc) is 2.37. The van der Waals surface area contributed by atoms with E-state index in [1.165, 1.54) is 12.1 Å². The maximum atomic E-state index is 12.7. The van der Waals surface area contributed by atoms with E-state index in [-0.39, 0.29) is 24.5 Å². The molecule has 1 unspecified atom stereocenters. The van der Waals surface area contributed by atoms with Gasteiger partial charge in [-0.15, -0.1) is 0 Å². The third kappa shape index (κ3) is 3.96. The second kappa shape index (κ2) is 7.28. The van der Waals surface area contributed by atoms with E-state index in [9.17, 15) is 14.5 Å². The van der Waals surface area contributed by atoms with Crippen LogP contribution in [0.25, 0.3) is 0 Å². The Morgan fingerprint density at radius 3 is 2.30 bits per heavy atom. The highest BCUT2D eigenvalue weighted by molar-refractivity contribution is 7.54. The van der Waals surface area contributed by atoms with Gasteiger partial charge < -0.3 is 24.6 Å². The summed E-state index contributed by atoms with van der Waals surface area (Å²) in [6, 6.07) is 5.99. The highest BCUT2D eigenvalue weighted by Crippen LogP contribution is 2.62. The third-order valence-electron chi connectivity index (χ3n) is 2.34. The molecular formula is C12H18NO6P. The molecule has 0 saturated carbocycles. The van der Waals surface area contributed by atoms with Gasteiger partial charge in [0.15, 0.2) is 0 Å². The van der Waals surface area contributed by atoms with Crippen LogP contribution in [0.1, 0.15) is 25.3 Å². The molecule has 0 fully saturated rings. The van der Waals surface area contributed by atoms with E-state index in [1.807, 2.05) is 0 Å². The zero-order valence-electron chi connectivity index (χ0n) is 11.3. The molecular weight excluding hydrogens is 285 g/mol. The van der Waals surface area contributed by atoms with Gasteiger partial charge in [0.25, 0.3) is 0 Å². The molecule has 3 N–H and O–H groups in total. The number of hydrogen-bond acceptors (Lipinski definition) is 6. The van der Waals surface area contributed by atoms with E-state index in [0.717, 1.165) is 0 Å². The highest BCUT2D eigenvalue weighted by atomic mass is 31.2.